The molecule has 0 saturated heterocycles. The molecule has 1 aromatic rings. The third-order valence-electron chi connectivity index (χ3n) is 1.69. The first-order chi connectivity index (χ1) is 7.33. The monoisotopic (exact) mass is 249 g/mol. The van der Waals surface area contributed by atoms with Crippen LogP contribution in [0.25, 0.3) is 0 Å². The number of halogens is 2. The van der Waals surface area contributed by atoms with Crippen LogP contribution in [-0.4, -0.2) is 20.0 Å². The van der Waals surface area contributed by atoms with Gasteiger partial charge in [0.15, 0.2) is 0 Å². The molecule has 0 bridgehead atoms. The lowest BCUT2D eigenvalue weighted by atomic mass is 10.2. The molecule has 1 aromatic carbocycles. The third kappa shape index (κ3) is 2.89. The molecular formula is C8H9F2N3O2S. The van der Waals surface area contributed by atoms with Gasteiger partial charge in [-0.2, -0.15) is 8.78 Å². The van der Waals surface area contributed by atoms with Gasteiger partial charge in [0.05, 0.1) is 0 Å². The first kappa shape index (κ1) is 12.4. The number of rotatable bonds is 4. The molecule has 0 radical (unpaired) electrons. The summed E-state index contributed by atoms with van der Waals surface area (Å²) in [7, 11) is -4.65. The smallest absolute Gasteiger partial charge is 0.355 e. The van der Waals surface area contributed by atoms with Crippen LogP contribution in [0.2, 0.25) is 0 Å². The van der Waals surface area contributed by atoms with Gasteiger partial charge in [-0.3, -0.25) is 10.1 Å². The number of anilines is 1. The first-order valence-electron chi connectivity index (χ1n) is 4.07. The predicted octanol–water partition coefficient (Wildman–Crippen LogP) is 0.935. The number of nitrogens with one attached hydrogen (secondary N) is 2. The van der Waals surface area contributed by atoms with Gasteiger partial charge in [0.2, 0.25) is 0 Å². The number of hydrogen-bond acceptors (Lipinski definition) is 3. The van der Waals surface area contributed by atoms with Crippen LogP contribution in [0.4, 0.5) is 14.5 Å². The molecule has 4 N–H and O–H groups in total. The highest BCUT2D eigenvalue weighted by Gasteiger charge is 2.23. The van der Waals surface area contributed by atoms with Crippen LogP contribution < -0.4 is 10.5 Å². The van der Waals surface area contributed by atoms with E-state index in [1.165, 1.54) is 24.3 Å². The van der Waals surface area contributed by atoms with E-state index < -0.39 is 15.8 Å². The second-order valence-electron chi connectivity index (χ2n) is 2.90. The molecule has 0 unspecified atom stereocenters. The molecule has 1 rings (SSSR count). The van der Waals surface area contributed by atoms with Crippen molar-refractivity contribution in [3.8, 4) is 0 Å². The standard InChI is InChI=1S/C8H9F2N3O2S/c9-8(10)16(14,15)13-6-3-1-5(2-4-6)7(11)12/h1-4,8,13H,(H3,11,12). The van der Waals surface area contributed by atoms with E-state index in [9.17, 15) is 17.2 Å². The fourth-order valence-corrected chi connectivity index (χ4v) is 1.48. The molecule has 5 nitrogen and oxygen atoms in total. The third-order valence-corrected chi connectivity index (χ3v) is 2.68. The van der Waals surface area contributed by atoms with Gasteiger partial charge < -0.3 is 5.73 Å². The van der Waals surface area contributed by atoms with Gasteiger partial charge >= 0.3 is 5.76 Å². The van der Waals surface area contributed by atoms with Crippen molar-refractivity contribution in [2.24, 2.45) is 5.73 Å². The second-order valence-corrected chi connectivity index (χ2v) is 4.55. The molecule has 0 amide bonds. The van der Waals surface area contributed by atoms with Crippen molar-refractivity contribution < 1.29 is 17.2 Å². The van der Waals surface area contributed by atoms with Gasteiger partial charge in [-0.05, 0) is 24.3 Å². The molecule has 8 heteroatoms. The van der Waals surface area contributed by atoms with Crippen molar-refractivity contribution >= 4 is 21.5 Å². The molecule has 0 aliphatic rings. The maximum atomic E-state index is 12.0. The van der Waals surface area contributed by atoms with Crippen LogP contribution in [0.5, 0.6) is 0 Å². The van der Waals surface area contributed by atoms with E-state index in [1.54, 1.807) is 4.72 Å². The van der Waals surface area contributed by atoms with Crippen LogP contribution in [-0.2, 0) is 10.0 Å². The van der Waals surface area contributed by atoms with Crippen molar-refractivity contribution in [2.75, 3.05) is 4.72 Å². The Hall–Kier alpha value is -1.70. The highest BCUT2D eigenvalue weighted by Crippen LogP contribution is 2.14. The Morgan fingerprint density at radius 1 is 1.31 bits per heavy atom. The SMILES string of the molecule is N=C(N)c1ccc(NS(=O)(=O)C(F)F)cc1. The summed E-state index contributed by atoms with van der Waals surface area (Å²) in [6.45, 7) is 0. The molecule has 0 aliphatic carbocycles. The summed E-state index contributed by atoms with van der Waals surface area (Å²) in [5, 5.41) is 7.07. The minimum absolute atomic E-state index is 0.00898. The van der Waals surface area contributed by atoms with Gasteiger partial charge in [0, 0.05) is 11.3 Å². The van der Waals surface area contributed by atoms with Gasteiger partial charge in [0.1, 0.15) is 5.84 Å². The molecule has 0 heterocycles. The fraction of sp³-hybridized carbons (Fsp3) is 0.125. The van der Waals surface area contributed by atoms with Crippen molar-refractivity contribution in [1.82, 2.24) is 0 Å². The van der Waals surface area contributed by atoms with Gasteiger partial charge in [-0.1, -0.05) is 0 Å². The Kier molecular flexibility index (Phi) is 3.43. The summed E-state index contributed by atoms with van der Waals surface area (Å²) in [5.41, 5.74) is 5.53. The first-order valence-corrected chi connectivity index (χ1v) is 5.62. The lowest BCUT2D eigenvalue weighted by Gasteiger charge is -2.07. The second kappa shape index (κ2) is 4.44. The number of nitrogens with two attached hydrogens (primary N) is 1. The normalized spacial score (nSPS) is 11.4. The van der Waals surface area contributed by atoms with Crippen LogP contribution in [0.3, 0.4) is 0 Å². The minimum atomic E-state index is -4.65. The van der Waals surface area contributed by atoms with Crippen LogP contribution in [0.15, 0.2) is 24.3 Å². The lowest BCUT2D eigenvalue weighted by Crippen LogP contribution is -2.20. The summed E-state index contributed by atoms with van der Waals surface area (Å²) in [6.07, 6.45) is 0. The van der Waals surface area contributed by atoms with Crippen molar-refractivity contribution in [2.45, 2.75) is 5.76 Å². The Morgan fingerprint density at radius 3 is 2.19 bits per heavy atom. The molecule has 0 saturated carbocycles. The number of benzene rings is 1. The van der Waals surface area contributed by atoms with E-state index in [0.29, 0.717) is 5.56 Å². The summed E-state index contributed by atoms with van der Waals surface area (Å²) in [5.74, 6) is -3.68. The summed E-state index contributed by atoms with van der Waals surface area (Å²) in [4.78, 5) is 0. The molecule has 0 aliphatic heterocycles. The Morgan fingerprint density at radius 2 is 1.81 bits per heavy atom. The summed E-state index contributed by atoms with van der Waals surface area (Å²) < 4.78 is 47.3. The molecule has 88 valence electrons. The van der Waals surface area contributed by atoms with Crippen LogP contribution >= 0.6 is 0 Å². The van der Waals surface area contributed by atoms with E-state index in [1.807, 2.05) is 0 Å². The van der Waals surface area contributed by atoms with Crippen LogP contribution in [0, 0.1) is 5.41 Å². The van der Waals surface area contributed by atoms with Gasteiger partial charge in [0.25, 0.3) is 10.0 Å². The highest BCUT2D eigenvalue weighted by atomic mass is 32.2. The molecular weight excluding hydrogens is 240 g/mol. The van der Waals surface area contributed by atoms with Gasteiger partial charge in [-0.25, -0.2) is 8.42 Å². The maximum absolute atomic E-state index is 12.0. The predicted molar refractivity (Wildman–Crippen MR) is 56.0 cm³/mol. The molecule has 0 atom stereocenters. The molecule has 0 fully saturated rings. The average Bonchev–Trinajstić information content (AvgIpc) is 2.17. The average molecular weight is 249 g/mol. The van der Waals surface area contributed by atoms with Gasteiger partial charge in [-0.15, -0.1) is 0 Å². The number of alkyl halides is 2. The lowest BCUT2D eigenvalue weighted by molar-refractivity contribution is 0.236. The zero-order valence-corrected chi connectivity index (χ0v) is 8.76. The maximum Gasteiger partial charge on any atom is 0.355 e. The largest absolute Gasteiger partial charge is 0.384 e. The Bertz CT molecular complexity index is 485. The Balaban J connectivity index is 2.89. The molecule has 0 aromatic heterocycles. The summed E-state index contributed by atoms with van der Waals surface area (Å²) >= 11 is 0. The Labute approximate surface area is 90.8 Å². The minimum Gasteiger partial charge on any atom is -0.384 e. The number of nitrogen functional groups attached to an aromatic ring is 1. The van der Waals surface area contributed by atoms with Crippen molar-refractivity contribution in [3.63, 3.8) is 0 Å². The summed E-state index contributed by atoms with van der Waals surface area (Å²) in [6, 6.07) is 5.20. The molecule has 16 heavy (non-hydrogen) atoms. The number of sulfonamides is 1. The van der Waals surface area contributed by atoms with E-state index in [4.69, 9.17) is 11.1 Å². The zero-order chi connectivity index (χ0) is 12.3. The number of amidine groups is 1. The van der Waals surface area contributed by atoms with Crippen molar-refractivity contribution in [3.05, 3.63) is 29.8 Å². The van der Waals surface area contributed by atoms with E-state index in [2.05, 4.69) is 0 Å². The topological polar surface area (TPSA) is 96.0 Å². The van der Waals surface area contributed by atoms with Crippen LogP contribution in [0.1, 0.15) is 5.56 Å². The fourth-order valence-electron chi connectivity index (χ4n) is 0.927. The highest BCUT2D eigenvalue weighted by molar-refractivity contribution is 7.93. The van der Waals surface area contributed by atoms with Crippen molar-refractivity contribution in [1.29, 1.82) is 5.41 Å². The van der Waals surface area contributed by atoms with E-state index in [0.717, 1.165) is 0 Å². The number of hydrogen-bond donors (Lipinski definition) is 3. The zero-order valence-electron chi connectivity index (χ0n) is 7.94. The van der Waals surface area contributed by atoms with E-state index in [-0.39, 0.29) is 11.5 Å². The van der Waals surface area contributed by atoms with E-state index >= 15 is 0 Å². The molecule has 0 spiro atoms. The quantitative estimate of drug-likeness (QED) is 0.547.